The lowest BCUT2D eigenvalue weighted by molar-refractivity contribution is -0.121. The smallest absolute Gasteiger partial charge is 0.425 e. The minimum Gasteiger partial charge on any atom is -0.452 e. The van der Waals surface area contributed by atoms with Crippen LogP contribution in [0.3, 0.4) is 0 Å². The van der Waals surface area contributed by atoms with Gasteiger partial charge >= 0.3 is 6.09 Å². The highest BCUT2D eigenvalue weighted by atomic mass is 35.5. The largest absolute Gasteiger partial charge is 0.452 e. The third-order valence-electron chi connectivity index (χ3n) is 1.94. The average molecular weight is 312 g/mol. The van der Waals surface area contributed by atoms with E-state index in [0.29, 0.717) is 10.6 Å². The highest BCUT2D eigenvalue weighted by Gasteiger charge is 2.20. The van der Waals surface area contributed by atoms with E-state index in [-0.39, 0.29) is 5.02 Å². The molecule has 0 saturated heterocycles. The third kappa shape index (κ3) is 3.94. The van der Waals surface area contributed by atoms with Gasteiger partial charge in [0.05, 0.1) is 7.11 Å². The van der Waals surface area contributed by atoms with Crippen LogP contribution in [0.25, 0.3) is 0 Å². The Morgan fingerprint density at radius 2 is 1.94 bits per heavy atom. The van der Waals surface area contributed by atoms with Crippen LogP contribution in [-0.4, -0.2) is 19.1 Å². The van der Waals surface area contributed by atoms with E-state index in [4.69, 9.17) is 34.8 Å². The van der Waals surface area contributed by atoms with E-state index < -0.39 is 17.4 Å². The van der Waals surface area contributed by atoms with Crippen LogP contribution in [-0.2, 0) is 9.53 Å². The number of hydrogen-bond donors (Lipinski definition) is 2. The fourth-order valence-electron chi connectivity index (χ4n) is 1.08. The van der Waals surface area contributed by atoms with E-state index in [9.17, 15) is 9.59 Å². The fourth-order valence-corrected chi connectivity index (χ4v) is 1.89. The Morgan fingerprint density at radius 3 is 2.50 bits per heavy atom. The second-order valence-electron chi connectivity index (χ2n) is 3.13. The van der Waals surface area contributed by atoms with Crippen molar-refractivity contribution in [2.45, 2.75) is 5.38 Å². The number of carbonyl (C=O) groups excluding carboxylic acids is 2. The van der Waals surface area contributed by atoms with Crippen molar-refractivity contribution < 1.29 is 14.3 Å². The van der Waals surface area contributed by atoms with E-state index in [0.717, 1.165) is 7.11 Å². The van der Waals surface area contributed by atoms with Gasteiger partial charge in [0.25, 0.3) is 5.91 Å². The van der Waals surface area contributed by atoms with Crippen molar-refractivity contribution in [1.82, 2.24) is 10.9 Å². The van der Waals surface area contributed by atoms with Crippen molar-refractivity contribution in [2.24, 2.45) is 0 Å². The Labute approximate surface area is 118 Å². The van der Waals surface area contributed by atoms with Crippen LogP contribution < -0.4 is 10.9 Å². The lowest BCUT2D eigenvalue weighted by atomic mass is 10.1. The molecular weight excluding hydrogens is 302 g/mol. The van der Waals surface area contributed by atoms with Crippen LogP contribution in [0, 0.1) is 0 Å². The molecule has 0 aliphatic heterocycles. The minimum absolute atomic E-state index is 0.260. The number of rotatable bonds is 2. The number of carbonyl (C=O) groups is 2. The van der Waals surface area contributed by atoms with E-state index >= 15 is 0 Å². The lowest BCUT2D eigenvalue weighted by Crippen LogP contribution is -2.43. The zero-order valence-electron chi connectivity index (χ0n) is 9.17. The summed E-state index contributed by atoms with van der Waals surface area (Å²) < 4.78 is 4.27. The van der Waals surface area contributed by atoms with Crippen molar-refractivity contribution in [3.8, 4) is 0 Å². The van der Waals surface area contributed by atoms with E-state index in [1.54, 1.807) is 6.07 Å². The normalized spacial score (nSPS) is 11.6. The van der Waals surface area contributed by atoms with E-state index in [1.165, 1.54) is 12.1 Å². The van der Waals surface area contributed by atoms with Crippen molar-refractivity contribution >= 4 is 46.8 Å². The van der Waals surface area contributed by atoms with Gasteiger partial charge in [-0.2, -0.15) is 0 Å². The van der Waals surface area contributed by atoms with Gasteiger partial charge < -0.3 is 4.74 Å². The predicted molar refractivity (Wildman–Crippen MR) is 68.7 cm³/mol. The quantitative estimate of drug-likeness (QED) is 0.652. The zero-order chi connectivity index (χ0) is 13.7. The molecule has 2 N–H and O–H groups in total. The molecule has 5 nitrogen and oxygen atoms in total. The first-order valence-corrected chi connectivity index (χ1v) is 5.87. The molecule has 18 heavy (non-hydrogen) atoms. The molecule has 0 aromatic heterocycles. The number of ether oxygens (including phenoxy) is 1. The number of hydrogen-bond acceptors (Lipinski definition) is 3. The van der Waals surface area contributed by atoms with Gasteiger partial charge in [0.2, 0.25) is 0 Å². The summed E-state index contributed by atoms with van der Waals surface area (Å²) in [7, 11) is 1.16. The Hall–Kier alpha value is -1.17. The summed E-state index contributed by atoms with van der Waals surface area (Å²) in [6.07, 6.45) is -0.811. The van der Waals surface area contributed by atoms with Crippen molar-refractivity contribution in [2.75, 3.05) is 7.11 Å². The molecule has 1 aromatic rings. The van der Waals surface area contributed by atoms with Crippen molar-refractivity contribution in [1.29, 1.82) is 0 Å². The average Bonchev–Trinajstić information content (AvgIpc) is 2.34. The van der Waals surface area contributed by atoms with Gasteiger partial charge in [-0.05, 0) is 17.7 Å². The summed E-state index contributed by atoms with van der Waals surface area (Å²) in [6, 6.07) is 4.55. The third-order valence-corrected chi connectivity index (χ3v) is 2.93. The molecule has 1 aromatic carbocycles. The molecule has 0 spiro atoms. The Kier molecular flexibility index (Phi) is 5.53. The van der Waals surface area contributed by atoms with Gasteiger partial charge in [0.1, 0.15) is 5.38 Å². The van der Waals surface area contributed by atoms with Gasteiger partial charge in [0.15, 0.2) is 0 Å². The van der Waals surface area contributed by atoms with Crippen LogP contribution in [0.4, 0.5) is 4.79 Å². The fraction of sp³-hybridized carbons (Fsp3) is 0.200. The molecular formula is C10H9Cl3N2O3. The molecule has 1 unspecified atom stereocenters. The number of amides is 2. The summed E-state index contributed by atoms with van der Waals surface area (Å²) in [5.41, 5.74) is 4.47. The summed E-state index contributed by atoms with van der Waals surface area (Å²) >= 11 is 17.5. The maximum absolute atomic E-state index is 11.6. The van der Waals surface area contributed by atoms with E-state index in [1.807, 2.05) is 5.43 Å². The lowest BCUT2D eigenvalue weighted by Gasteiger charge is -2.12. The van der Waals surface area contributed by atoms with Gasteiger partial charge in [-0.1, -0.05) is 29.3 Å². The highest BCUT2D eigenvalue weighted by molar-refractivity contribution is 6.37. The molecule has 98 valence electrons. The number of methoxy groups -OCH3 is 1. The molecule has 2 amide bonds. The zero-order valence-corrected chi connectivity index (χ0v) is 11.4. The first kappa shape index (κ1) is 14.9. The minimum atomic E-state index is -1.06. The summed E-state index contributed by atoms with van der Waals surface area (Å²) in [5, 5.41) is -0.372. The molecule has 0 bridgehead atoms. The molecule has 0 aliphatic carbocycles. The molecule has 0 aliphatic rings. The standard InChI is InChI=1S/C10H9Cl3N2O3/c1-18-10(17)15-14-9(16)8(13)6-3-2-5(11)4-7(6)12/h2-4,8H,1H3,(H,14,16)(H,15,17). The van der Waals surface area contributed by atoms with Crippen LogP contribution >= 0.6 is 34.8 Å². The highest BCUT2D eigenvalue weighted by Crippen LogP contribution is 2.30. The SMILES string of the molecule is COC(=O)NNC(=O)C(Cl)c1ccc(Cl)cc1Cl. The van der Waals surface area contributed by atoms with Crippen LogP contribution in [0.15, 0.2) is 18.2 Å². The van der Waals surface area contributed by atoms with Crippen LogP contribution in [0.2, 0.25) is 10.0 Å². The second kappa shape index (κ2) is 6.68. The number of nitrogens with one attached hydrogen (secondary N) is 2. The molecule has 0 radical (unpaired) electrons. The molecule has 0 fully saturated rings. The number of halogens is 3. The van der Waals surface area contributed by atoms with E-state index in [2.05, 4.69) is 10.2 Å². The predicted octanol–water partition coefficient (Wildman–Crippen LogP) is 2.66. The molecule has 0 saturated carbocycles. The van der Waals surface area contributed by atoms with Crippen LogP contribution in [0.5, 0.6) is 0 Å². The first-order chi connectivity index (χ1) is 8.45. The Balaban J connectivity index is 2.71. The Bertz CT molecular complexity index is 468. The van der Waals surface area contributed by atoms with Crippen molar-refractivity contribution in [3.63, 3.8) is 0 Å². The first-order valence-electron chi connectivity index (χ1n) is 4.68. The number of alkyl halides is 1. The molecule has 8 heteroatoms. The van der Waals surface area contributed by atoms with Gasteiger partial charge in [-0.15, -0.1) is 11.6 Å². The maximum Gasteiger partial charge on any atom is 0.425 e. The molecule has 0 heterocycles. The van der Waals surface area contributed by atoms with Gasteiger partial charge in [-0.25, -0.2) is 10.2 Å². The van der Waals surface area contributed by atoms with Gasteiger partial charge in [0, 0.05) is 10.0 Å². The topological polar surface area (TPSA) is 67.4 Å². The summed E-state index contributed by atoms with van der Waals surface area (Å²) in [4.78, 5) is 22.3. The number of hydrazine groups is 1. The second-order valence-corrected chi connectivity index (χ2v) is 4.41. The summed E-state index contributed by atoms with van der Waals surface area (Å²) in [6.45, 7) is 0. The maximum atomic E-state index is 11.6. The van der Waals surface area contributed by atoms with Crippen molar-refractivity contribution in [3.05, 3.63) is 33.8 Å². The molecule has 1 rings (SSSR count). The molecule has 1 atom stereocenters. The Morgan fingerprint density at radius 1 is 1.28 bits per heavy atom. The summed E-state index contributed by atoms with van der Waals surface area (Å²) in [5.74, 6) is -0.647. The number of benzene rings is 1. The van der Waals surface area contributed by atoms with Crippen LogP contribution in [0.1, 0.15) is 10.9 Å². The monoisotopic (exact) mass is 310 g/mol. The van der Waals surface area contributed by atoms with Gasteiger partial charge in [-0.3, -0.25) is 10.2 Å².